The minimum Gasteiger partial charge on any atom is -0.469 e. The van der Waals surface area contributed by atoms with E-state index in [1.54, 1.807) is 27.7 Å². The molecule has 7 nitrogen and oxygen atoms in total. The minimum absolute atomic E-state index is 0.161. The molecule has 0 saturated carbocycles. The van der Waals surface area contributed by atoms with Gasteiger partial charge in [0.2, 0.25) is 0 Å². The van der Waals surface area contributed by atoms with Crippen LogP contribution in [0.5, 0.6) is 0 Å². The molecule has 0 aromatic carbocycles. The van der Waals surface area contributed by atoms with Crippen LogP contribution >= 0.6 is 11.3 Å². The maximum absolute atomic E-state index is 11.6. The number of thiazole rings is 1. The van der Waals surface area contributed by atoms with E-state index in [9.17, 15) is 14.7 Å². The van der Waals surface area contributed by atoms with E-state index in [4.69, 9.17) is 4.74 Å². The van der Waals surface area contributed by atoms with Gasteiger partial charge in [0.25, 0.3) is 0 Å². The first-order valence-corrected chi connectivity index (χ1v) is 7.16. The Morgan fingerprint density at radius 1 is 1.43 bits per heavy atom. The smallest absolute Gasteiger partial charge is 0.413 e. The third kappa shape index (κ3) is 5.68. The summed E-state index contributed by atoms with van der Waals surface area (Å²) in [7, 11) is 1.25. The standard InChI is InChI=1S/C13H20N2O5S/c1-7-10(8(16)6-9(17)19-5)21-11(14-7)15-12(18)20-13(2,3)4/h8,16H,6H2,1-5H3,(H,14,15,18). The van der Waals surface area contributed by atoms with Crippen LogP contribution in [0.1, 0.15) is 43.9 Å². The van der Waals surface area contributed by atoms with Crippen molar-refractivity contribution in [1.29, 1.82) is 0 Å². The fourth-order valence-corrected chi connectivity index (χ4v) is 2.43. The molecule has 0 saturated heterocycles. The molecule has 1 unspecified atom stereocenters. The van der Waals surface area contributed by atoms with E-state index in [2.05, 4.69) is 15.0 Å². The lowest BCUT2D eigenvalue weighted by atomic mass is 10.2. The Bertz CT molecular complexity index is 521. The van der Waals surface area contributed by atoms with Crippen molar-refractivity contribution in [1.82, 2.24) is 4.98 Å². The number of esters is 1. The molecule has 0 radical (unpaired) electrons. The number of hydrogen-bond donors (Lipinski definition) is 2. The summed E-state index contributed by atoms with van der Waals surface area (Å²) in [6.45, 7) is 6.95. The first kappa shape index (κ1) is 17.4. The normalized spacial score (nSPS) is 12.7. The van der Waals surface area contributed by atoms with Crippen LogP contribution in [0.25, 0.3) is 0 Å². The second-order valence-electron chi connectivity index (χ2n) is 5.39. The van der Waals surface area contributed by atoms with Crippen LogP contribution in [0.2, 0.25) is 0 Å². The average Bonchev–Trinajstić information content (AvgIpc) is 2.67. The summed E-state index contributed by atoms with van der Waals surface area (Å²) in [5, 5.41) is 12.8. The molecule has 118 valence electrons. The number of anilines is 1. The molecule has 21 heavy (non-hydrogen) atoms. The third-order valence-corrected chi connectivity index (χ3v) is 3.50. The molecule has 1 amide bonds. The van der Waals surface area contributed by atoms with Crippen LogP contribution < -0.4 is 5.32 Å². The Kier molecular flexibility index (Phi) is 5.68. The minimum atomic E-state index is -1.01. The number of aliphatic hydroxyl groups excluding tert-OH is 1. The summed E-state index contributed by atoms with van der Waals surface area (Å²) in [4.78, 5) is 27.4. The molecule has 0 fully saturated rings. The van der Waals surface area contributed by atoms with Gasteiger partial charge in [0.05, 0.1) is 24.1 Å². The van der Waals surface area contributed by atoms with Crippen LogP contribution in [0.4, 0.5) is 9.93 Å². The van der Waals surface area contributed by atoms with Crippen molar-refractivity contribution >= 4 is 28.5 Å². The average molecular weight is 316 g/mol. The lowest BCUT2D eigenvalue weighted by molar-refractivity contribution is -0.142. The molecule has 1 atom stereocenters. The highest BCUT2D eigenvalue weighted by Gasteiger charge is 2.22. The van der Waals surface area contributed by atoms with E-state index in [1.807, 2.05) is 0 Å². The highest BCUT2D eigenvalue weighted by molar-refractivity contribution is 7.16. The second-order valence-corrected chi connectivity index (χ2v) is 6.42. The summed E-state index contributed by atoms with van der Waals surface area (Å²) >= 11 is 1.09. The number of hydrogen-bond acceptors (Lipinski definition) is 7. The van der Waals surface area contributed by atoms with E-state index >= 15 is 0 Å². The third-order valence-electron chi connectivity index (χ3n) is 2.33. The molecule has 0 bridgehead atoms. The van der Waals surface area contributed by atoms with Crippen molar-refractivity contribution in [3.63, 3.8) is 0 Å². The molecule has 2 N–H and O–H groups in total. The number of amides is 1. The Hall–Kier alpha value is -1.67. The summed E-state index contributed by atoms with van der Waals surface area (Å²) in [6, 6.07) is 0. The van der Waals surface area contributed by atoms with Gasteiger partial charge >= 0.3 is 12.1 Å². The van der Waals surface area contributed by atoms with Gasteiger partial charge in [-0.2, -0.15) is 0 Å². The Labute approximate surface area is 127 Å². The molecule has 0 spiro atoms. The van der Waals surface area contributed by atoms with Gasteiger partial charge in [-0.15, -0.1) is 0 Å². The number of carbonyl (C=O) groups is 2. The highest BCUT2D eigenvalue weighted by Crippen LogP contribution is 2.30. The van der Waals surface area contributed by atoms with Crippen LogP contribution in [0, 0.1) is 6.92 Å². The summed E-state index contributed by atoms with van der Waals surface area (Å²) in [6.07, 6.45) is -1.79. The maximum Gasteiger partial charge on any atom is 0.413 e. The Balaban J connectivity index is 2.74. The number of aryl methyl sites for hydroxylation is 1. The van der Waals surface area contributed by atoms with E-state index in [-0.39, 0.29) is 6.42 Å². The topological polar surface area (TPSA) is 97.8 Å². The quantitative estimate of drug-likeness (QED) is 0.828. The number of ether oxygens (including phenoxy) is 2. The Morgan fingerprint density at radius 3 is 2.57 bits per heavy atom. The monoisotopic (exact) mass is 316 g/mol. The van der Waals surface area contributed by atoms with Crippen LogP contribution in [-0.2, 0) is 14.3 Å². The molecular formula is C13H20N2O5S. The van der Waals surface area contributed by atoms with E-state index in [0.717, 1.165) is 11.3 Å². The van der Waals surface area contributed by atoms with Gasteiger partial charge in [0.1, 0.15) is 11.7 Å². The molecule has 8 heteroatoms. The van der Waals surface area contributed by atoms with E-state index in [1.165, 1.54) is 7.11 Å². The second kappa shape index (κ2) is 6.86. The zero-order chi connectivity index (χ0) is 16.2. The van der Waals surface area contributed by atoms with E-state index < -0.39 is 23.8 Å². The van der Waals surface area contributed by atoms with Gasteiger partial charge < -0.3 is 14.6 Å². The van der Waals surface area contributed by atoms with Gasteiger partial charge in [-0.05, 0) is 27.7 Å². The predicted molar refractivity (Wildman–Crippen MR) is 78.3 cm³/mol. The zero-order valence-corrected chi connectivity index (χ0v) is 13.5. The molecule has 1 rings (SSSR count). The summed E-state index contributed by atoms with van der Waals surface area (Å²) in [5.74, 6) is -0.517. The molecular weight excluding hydrogens is 296 g/mol. The van der Waals surface area contributed by atoms with Crippen molar-refractivity contribution in [2.75, 3.05) is 12.4 Å². The number of rotatable bonds is 4. The van der Waals surface area contributed by atoms with Crippen LogP contribution in [-0.4, -0.2) is 34.9 Å². The first-order chi connectivity index (χ1) is 9.62. The van der Waals surface area contributed by atoms with Crippen molar-refractivity contribution in [3.8, 4) is 0 Å². The lowest BCUT2D eigenvalue weighted by Crippen LogP contribution is -2.27. The summed E-state index contributed by atoms with van der Waals surface area (Å²) in [5.41, 5.74) is -0.0636. The van der Waals surface area contributed by atoms with Crippen molar-refractivity contribution < 1.29 is 24.2 Å². The summed E-state index contributed by atoms with van der Waals surface area (Å²) < 4.78 is 9.62. The van der Waals surface area contributed by atoms with Crippen LogP contribution in [0.3, 0.4) is 0 Å². The molecule has 1 aromatic heterocycles. The highest BCUT2D eigenvalue weighted by atomic mass is 32.1. The number of nitrogens with one attached hydrogen (secondary N) is 1. The molecule has 1 heterocycles. The zero-order valence-electron chi connectivity index (χ0n) is 12.7. The van der Waals surface area contributed by atoms with E-state index in [0.29, 0.717) is 15.7 Å². The van der Waals surface area contributed by atoms with Gasteiger partial charge in [-0.25, -0.2) is 9.78 Å². The predicted octanol–water partition coefficient (Wildman–Crippen LogP) is 2.40. The van der Waals surface area contributed by atoms with Gasteiger partial charge in [-0.1, -0.05) is 11.3 Å². The SMILES string of the molecule is COC(=O)CC(O)c1sc(NC(=O)OC(C)(C)C)nc1C. The van der Waals surface area contributed by atoms with Crippen molar-refractivity contribution in [2.24, 2.45) is 0 Å². The molecule has 0 aliphatic carbocycles. The number of aromatic nitrogens is 1. The largest absolute Gasteiger partial charge is 0.469 e. The molecule has 0 aliphatic heterocycles. The number of carbonyl (C=O) groups excluding carboxylic acids is 2. The molecule has 0 aliphatic rings. The van der Waals surface area contributed by atoms with Gasteiger partial charge in [0, 0.05) is 0 Å². The maximum atomic E-state index is 11.6. The fourth-order valence-electron chi connectivity index (χ4n) is 1.50. The van der Waals surface area contributed by atoms with Crippen LogP contribution in [0.15, 0.2) is 0 Å². The van der Waals surface area contributed by atoms with Crippen molar-refractivity contribution in [3.05, 3.63) is 10.6 Å². The van der Waals surface area contributed by atoms with Gasteiger partial charge in [0.15, 0.2) is 5.13 Å². The number of methoxy groups -OCH3 is 1. The van der Waals surface area contributed by atoms with Crippen molar-refractivity contribution in [2.45, 2.75) is 45.8 Å². The molecule has 1 aromatic rings. The number of nitrogens with zero attached hydrogens (tertiary/aromatic N) is 1. The lowest BCUT2D eigenvalue weighted by Gasteiger charge is -2.18. The fraction of sp³-hybridized carbons (Fsp3) is 0.615. The first-order valence-electron chi connectivity index (χ1n) is 6.34. The number of aliphatic hydroxyl groups is 1. The van der Waals surface area contributed by atoms with Gasteiger partial charge in [-0.3, -0.25) is 10.1 Å². The Morgan fingerprint density at radius 2 is 2.05 bits per heavy atom.